The van der Waals surface area contributed by atoms with Crippen molar-refractivity contribution >= 4 is 61.0 Å². The second-order valence-corrected chi connectivity index (χ2v) is 11.0. The Balaban J connectivity index is 1.81. The molecular weight excluding hydrogens is 466 g/mol. The first-order valence-electron chi connectivity index (χ1n) is 14.5. The maximum Gasteiger partial charge on any atom is 0.259 e. The number of carbonyl (C=O) groups excluding carboxylic acids is 2. The van der Waals surface area contributed by atoms with E-state index in [1.165, 1.54) is 0 Å². The molecule has 0 N–H and O–H groups in total. The number of fused-ring (bicyclic) bond motifs is 2. The summed E-state index contributed by atoms with van der Waals surface area (Å²) in [6.07, 6.45) is 8.68. The topological polar surface area (TPSA) is 40.6 Å². The minimum Gasteiger partial charge on any atom is -0.307 e. The van der Waals surface area contributed by atoms with Crippen molar-refractivity contribution < 1.29 is 9.59 Å². The Morgan fingerprint density at radius 2 is 1.05 bits per heavy atom. The Morgan fingerprint density at radius 1 is 0.658 bits per heavy atom. The third-order valence-corrected chi connectivity index (χ3v) is 8.30. The maximum absolute atomic E-state index is 14.2. The Labute approximate surface area is 231 Å². The van der Waals surface area contributed by atoms with Gasteiger partial charge in [0.05, 0.1) is 22.5 Å². The van der Waals surface area contributed by atoms with Crippen molar-refractivity contribution in [1.29, 1.82) is 0 Å². The summed E-state index contributed by atoms with van der Waals surface area (Å²) in [5.74, 6) is 0.576. The predicted molar refractivity (Wildman–Crippen MR) is 162 cm³/mol. The highest BCUT2D eigenvalue weighted by Crippen LogP contribution is 2.46. The lowest BCUT2D eigenvalue weighted by atomic mass is 9.90. The van der Waals surface area contributed by atoms with Crippen LogP contribution in [0.1, 0.15) is 90.2 Å². The van der Waals surface area contributed by atoms with E-state index in [0.717, 1.165) is 73.9 Å². The largest absolute Gasteiger partial charge is 0.307 e. The van der Waals surface area contributed by atoms with E-state index in [-0.39, 0.29) is 11.8 Å². The van der Waals surface area contributed by atoms with Crippen molar-refractivity contribution in [3.05, 3.63) is 47.5 Å². The van der Waals surface area contributed by atoms with Gasteiger partial charge in [0.1, 0.15) is 15.7 Å². The minimum atomic E-state index is -0.105. The molecule has 2 amide bonds. The molecule has 196 valence electrons. The molecule has 2 aromatic rings. The van der Waals surface area contributed by atoms with Crippen LogP contribution >= 0.6 is 0 Å². The molecule has 0 bridgehead atoms. The summed E-state index contributed by atoms with van der Waals surface area (Å²) >= 11 is 0. The van der Waals surface area contributed by atoms with Crippen molar-refractivity contribution in [2.75, 3.05) is 22.9 Å². The van der Waals surface area contributed by atoms with E-state index in [0.29, 0.717) is 47.0 Å². The molecule has 0 saturated carbocycles. The van der Waals surface area contributed by atoms with Gasteiger partial charge in [-0.3, -0.25) is 9.59 Å². The number of rotatable bonds is 12. The number of hydrogen-bond donors (Lipinski definition) is 0. The summed E-state index contributed by atoms with van der Waals surface area (Å²) in [7, 11) is 12.4. The number of benzene rings is 2. The van der Waals surface area contributed by atoms with E-state index in [9.17, 15) is 9.59 Å². The fraction of sp³-hybridized carbons (Fsp3) is 0.500. The lowest BCUT2D eigenvalue weighted by Crippen LogP contribution is -2.34. The highest BCUT2D eigenvalue weighted by molar-refractivity contribution is 6.50. The smallest absolute Gasteiger partial charge is 0.259 e. The van der Waals surface area contributed by atoms with Crippen molar-refractivity contribution in [2.24, 2.45) is 11.8 Å². The molecule has 0 saturated heterocycles. The van der Waals surface area contributed by atoms with Crippen LogP contribution in [0, 0.1) is 11.8 Å². The molecule has 0 spiro atoms. The van der Waals surface area contributed by atoms with Gasteiger partial charge in [-0.1, -0.05) is 101 Å². The van der Waals surface area contributed by atoms with Crippen molar-refractivity contribution in [2.45, 2.75) is 79.1 Å². The van der Waals surface area contributed by atoms with Crippen molar-refractivity contribution in [3.63, 3.8) is 0 Å². The summed E-state index contributed by atoms with van der Waals surface area (Å²) in [4.78, 5) is 32.1. The van der Waals surface area contributed by atoms with E-state index in [4.69, 9.17) is 15.7 Å². The molecule has 38 heavy (non-hydrogen) atoms. The molecule has 2 aromatic carbocycles. The first-order chi connectivity index (χ1) is 18.3. The van der Waals surface area contributed by atoms with Crippen molar-refractivity contribution in [1.82, 2.24) is 0 Å². The molecule has 2 atom stereocenters. The SMILES string of the molecule is [B]c1ccc2c(c1)N(CC(CC)CCCC)C(=O)/C2=C1/C(=O)N(CC(CC)CCCC)c2cc([B])ccc21. The quantitative estimate of drug-likeness (QED) is 0.289. The zero-order valence-corrected chi connectivity index (χ0v) is 23.6. The molecule has 2 heterocycles. The van der Waals surface area contributed by atoms with Gasteiger partial charge in [0.25, 0.3) is 11.8 Å². The standard InChI is InChI=1S/C32H40B2N2O2/c1-5-9-11-21(7-3)19-35-27-17-23(33)13-15-25(27)29(31(35)37)30-26-16-14-24(34)18-28(26)36(32(30)38)20-22(8-4)12-10-6-2/h13-18,21-22H,5-12,19-20H2,1-4H3/b30-29+. The maximum atomic E-state index is 14.2. The molecular formula is C32H40B2N2O2. The molecule has 2 unspecified atom stereocenters. The number of carbonyl (C=O) groups is 2. The van der Waals surface area contributed by atoms with Crippen LogP contribution in [0.15, 0.2) is 36.4 Å². The van der Waals surface area contributed by atoms with Gasteiger partial charge in [0.2, 0.25) is 0 Å². The third-order valence-electron chi connectivity index (χ3n) is 8.30. The monoisotopic (exact) mass is 506 g/mol. The zero-order chi connectivity index (χ0) is 27.4. The lowest BCUT2D eigenvalue weighted by Gasteiger charge is -2.24. The fourth-order valence-corrected chi connectivity index (χ4v) is 5.88. The van der Waals surface area contributed by atoms with E-state index >= 15 is 0 Å². The Hall–Kier alpha value is -2.75. The molecule has 0 aliphatic carbocycles. The highest BCUT2D eigenvalue weighted by Gasteiger charge is 2.42. The highest BCUT2D eigenvalue weighted by atomic mass is 16.2. The van der Waals surface area contributed by atoms with Crippen LogP contribution in [0.25, 0.3) is 11.1 Å². The van der Waals surface area contributed by atoms with Crippen LogP contribution in [0.3, 0.4) is 0 Å². The van der Waals surface area contributed by atoms with E-state index in [2.05, 4.69) is 27.7 Å². The summed E-state index contributed by atoms with van der Waals surface area (Å²) in [5.41, 5.74) is 5.42. The predicted octanol–water partition coefficient (Wildman–Crippen LogP) is 5.31. The fourth-order valence-electron chi connectivity index (χ4n) is 5.88. The van der Waals surface area contributed by atoms with Crippen LogP contribution in [0.4, 0.5) is 11.4 Å². The van der Waals surface area contributed by atoms with Gasteiger partial charge in [0.15, 0.2) is 0 Å². The summed E-state index contributed by atoms with van der Waals surface area (Å²) in [6.45, 7) is 10.0. The lowest BCUT2D eigenvalue weighted by molar-refractivity contribution is -0.114. The molecule has 4 nitrogen and oxygen atoms in total. The first kappa shape index (κ1) is 28.3. The number of hydrogen-bond acceptors (Lipinski definition) is 2. The second kappa shape index (κ2) is 12.4. The van der Waals surface area contributed by atoms with Gasteiger partial charge in [-0.05, 0) is 36.8 Å². The summed E-state index contributed by atoms with van der Waals surface area (Å²) in [6, 6.07) is 11.2. The molecule has 2 aliphatic heterocycles. The molecule has 4 radical (unpaired) electrons. The van der Waals surface area contributed by atoms with Gasteiger partial charge in [0, 0.05) is 24.2 Å². The van der Waals surface area contributed by atoms with Gasteiger partial charge in [-0.2, -0.15) is 0 Å². The van der Waals surface area contributed by atoms with E-state index in [1.807, 2.05) is 46.2 Å². The minimum absolute atomic E-state index is 0.105. The number of unbranched alkanes of at least 4 members (excludes halogenated alkanes) is 2. The van der Waals surface area contributed by atoms with Gasteiger partial charge in [-0.25, -0.2) is 0 Å². The van der Waals surface area contributed by atoms with Gasteiger partial charge < -0.3 is 9.80 Å². The number of amides is 2. The average molecular weight is 506 g/mol. The Kier molecular flexibility index (Phi) is 9.23. The van der Waals surface area contributed by atoms with Crippen molar-refractivity contribution in [3.8, 4) is 0 Å². The van der Waals surface area contributed by atoms with Crippen LogP contribution in [-0.2, 0) is 9.59 Å². The average Bonchev–Trinajstić information content (AvgIpc) is 3.32. The molecule has 6 heteroatoms. The van der Waals surface area contributed by atoms with Crippen LogP contribution in [0.5, 0.6) is 0 Å². The van der Waals surface area contributed by atoms with Gasteiger partial charge in [-0.15, -0.1) is 0 Å². The summed E-state index contributed by atoms with van der Waals surface area (Å²) in [5, 5.41) is 0. The van der Waals surface area contributed by atoms with Crippen LogP contribution < -0.4 is 20.7 Å². The molecule has 0 aromatic heterocycles. The summed E-state index contributed by atoms with van der Waals surface area (Å²) < 4.78 is 0. The van der Waals surface area contributed by atoms with E-state index in [1.54, 1.807) is 0 Å². The first-order valence-corrected chi connectivity index (χ1v) is 14.5. The van der Waals surface area contributed by atoms with Crippen LogP contribution in [-0.4, -0.2) is 40.6 Å². The third kappa shape index (κ3) is 5.51. The second-order valence-electron chi connectivity index (χ2n) is 11.0. The Bertz CT molecular complexity index is 1130. The van der Waals surface area contributed by atoms with Gasteiger partial charge >= 0.3 is 0 Å². The number of anilines is 2. The van der Waals surface area contributed by atoms with E-state index < -0.39 is 0 Å². The molecule has 4 rings (SSSR count). The Morgan fingerprint density at radius 3 is 1.39 bits per heavy atom. The number of nitrogens with zero attached hydrogens (tertiary/aromatic N) is 2. The normalized spacial score (nSPS) is 18.2. The zero-order valence-electron chi connectivity index (χ0n) is 23.6. The van der Waals surface area contributed by atoms with Crippen LogP contribution in [0.2, 0.25) is 0 Å². The molecule has 0 fully saturated rings. The molecule has 2 aliphatic rings.